The number of aromatic nitrogens is 2. The summed E-state index contributed by atoms with van der Waals surface area (Å²) in [4.78, 5) is 17.7. The number of benzene rings is 2. The van der Waals surface area contributed by atoms with Crippen molar-refractivity contribution < 1.29 is 40.2 Å². The second-order valence-electron chi connectivity index (χ2n) is 7.57. The topological polar surface area (TPSA) is 64.9 Å². The average Bonchev–Trinajstić information content (AvgIpc) is 2.82. The van der Waals surface area contributed by atoms with Crippen molar-refractivity contribution >= 4 is 11.5 Å². The molecule has 6 nitrogen and oxygen atoms in total. The second kappa shape index (κ2) is 10.4. The number of nitrogens with zero attached hydrogens (tertiary/aromatic N) is 2. The van der Waals surface area contributed by atoms with Gasteiger partial charge in [0.2, 0.25) is 0 Å². The van der Waals surface area contributed by atoms with Crippen LogP contribution in [0.2, 0.25) is 0 Å². The molecule has 0 fully saturated rings. The molecule has 0 aliphatic heterocycles. The summed E-state index contributed by atoms with van der Waals surface area (Å²) >= 11 is 0. The Morgan fingerprint density at radius 3 is 1.89 bits per heavy atom. The maximum atomic E-state index is 13.6. The first-order chi connectivity index (χ1) is 17.5. The van der Waals surface area contributed by atoms with Gasteiger partial charge in [-0.1, -0.05) is 24.3 Å². The second-order valence-corrected chi connectivity index (χ2v) is 7.57. The van der Waals surface area contributed by atoms with Crippen LogP contribution < -0.4 is 20.2 Å². The molecule has 0 spiro atoms. The van der Waals surface area contributed by atoms with Crippen LogP contribution in [0.4, 0.5) is 36.6 Å². The van der Waals surface area contributed by atoms with E-state index in [0.717, 1.165) is 0 Å². The van der Waals surface area contributed by atoms with Crippen molar-refractivity contribution in [1.82, 2.24) is 9.38 Å². The molecule has 0 radical (unpaired) electrons. The molecule has 194 valence electrons. The Hall–Kier alpha value is -4.29. The molecule has 0 saturated carbocycles. The molecule has 0 amide bonds. The zero-order valence-electron chi connectivity index (χ0n) is 18.5. The molecule has 0 aliphatic rings. The largest absolute Gasteiger partial charge is 0.435 e. The molecule has 0 atom stereocenters. The number of halogens is 7. The smallest absolute Gasteiger partial charge is 0.405 e. The Morgan fingerprint density at radius 1 is 0.838 bits per heavy atom. The summed E-state index contributed by atoms with van der Waals surface area (Å²) in [7, 11) is 0. The predicted octanol–water partition coefficient (Wildman–Crippen LogP) is 6.21. The number of nitrogens with one attached hydrogen (secondary N) is 1. The number of alkyl halides is 7. The van der Waals surface area contributed by atoms with Crippen LogP contribution in [0.25, 0.3) is 27.9 Å². The van der Waals surface area contributed by atoms with Crippen LogP contribution in [-0.4, -0.2) is 35.3 Å². The van der Waals surface area contributed by atoms with E-state index in [1.807, 2.05) is 0 Å². The van der Waals surface area contributed by atoms with Crippen LogP contribution >= 0.6 is 0 Å². The first-order valence-corrected chi connectivity index (χ1v) is 10.5. The van der Waals surface area contributed by atoms with Gasteiger partial charge in [0.15, 0.2) is 11.1 Å². The van der Waals surface area contributed by atoms with Crippen LogP contribution in [0.1, 0.15) is 0 Å². The van der Waals surface area contributed by atoms with Crippen molar-refractivity contribution in [2.24, 2.45) is 0 Å². The van der Waals surface area contributed by atoms with Crippen molar-refractivity contribution in [3.63, 3.8) is 0 Å². The minimum Gasteiger partial charge on any atom is -0.435 e. The van der Waals surface area contributed by atoms with Crippen LogP contribution in [0, 0.1) is 0 Å². The third kappa shape index (κ3) is 6.29. The lowest BCUT2D eigenvalue weighted by molar-refractivity contribution is -0.115. The summed E-state index contributed by atoms with van der Waals surface area (Å²) in [6.07, 6.45) is -1.74. The fourth-order valence-corrected chi connectivity index (χ4v) is 3.53. The molecule has 2 heterocycles. The molecule has 37 heavy (non-hydrogen) atoms. The molecule has 0 unspecified atom stereocenters. The first-order valence-electron chi connectivity index (χ1n) is 10.5. The highest BCUT2D eigenvalue weighted by molar-refractivity contribution is 5.83. The number of rotatable bonds is 8. The van der Waals surface area contributed by atoms with Crippen LogP contribution in [0.3, 0.4) is 0 Å². The molecule has 2 aromatic heterocycles. The van der Waals surface area contributed by atoms with Gasteiger partial charge in [-0.2, -0.15) is 30.7 Å². The van der Waals surface area contributed by atoms with Crippen LogP contribution in [-0.2, 0) is 0 Å². The van der Waals surface area contributed by atoms with Gasteiger partial charge in [0, 0.05) is 18.0 Å². The summed E-state index contributed by atoms with van der Waals surface area (Å²) in [5.41, 5.74) is 0.0291. The summed E-state index contributed by atoms with van der Waals surface area (Å²) in [5.74, 6) is -0.456. The van der Waals surface area contributed by atoms with E-state index in [0.29, 0.717) is 5.56 Å². The normalized spacial score (nSPS) is 11.8. The Balaban J connectivity index is 1.85. The van der Waals surface area contributed by atoms with Crippen molar-refractivity contribution in [2.75, 3.05) is 11.9 Å². The summed E-state index contributed by atoms with van der Waals surface area (Å²) in [6.45, 7) is -7.46. The van der Waals surface area contributed by atoms with Gasteiger partial charge < -0.3 is 19.2 Å². The first kappa shape index (κ1) is 25.8. The molecule has 4 aromatic rings. The third-order valence-corrected chi connectivity index (χ3v) is 5.06. The molecular formula is C24H16F7N3O3. The zero-order valence-corrected chi connectivity index (χ0v) is 18.5. The maximum Gasteiger partial charge on any atom is 0.405 e. The standard InChI is InChI=1S/C24H16F7N3O3/c25-22(26)36-15-5-1-13(2-6-15)17-11-34-10-9-18(32-12-24(29,30)31)33-21(34)19(20(17)35)14-3-7-16(8-4-14)37-23(27)28/h1-11,22-23H,12H2,(H,32,33). The lowest BCUT2D eigenvalue weighted by Crippen LogP contribution is -2.22. The highest BCUT2D eigenvalue weighted by Gasteiger charge is 2.27. The van der Waals surface area contributed by atoms with Crippen LogP contribution in [0.15, 0.2) is 71.8 Å². The molecule has 4 rings (SSSR count). The van der Waals surface area contributed by atoms with E-state index >= 15 is 0 Å². The van der Waals surface area contributed by atoms with Crippen molar-refractivity contribution in [2.45, 2.75) is 19.4 Å². The number of pyridine rings is 1. The van der Waals surface area contributed by atoms with Crippen molar-refractivity contribution in [1.29, 1.82) is 0 Å². The van der Waals surface area contributed by atoms with Gasteiger partial charge >= 0.3 is 19.4 Å². The zero-order chi connectivity index (χ0) is 26.7. The van der Waals surface area contributed by atoms with E-state index in [9.17, 15) is 35.5 Å². The Kier molecular flexibility index (Phi) is 7.23. The highest BCUT2D eigenvalue weighted by atomic mass is 19.4. The number of ether oxygens (including phenoxy) is 2. The van der Waals surface area contributed by atoms with Crippen molar-refractivity contribution in [3.8, 4) is 33.8 Å². The van der Waals surface area contributed by atoms with Gasteiger partial charge in [0.1, 0.15) is 23.9 Å². The minimum atomic E-state index is -4.51. The summed E-state index contributed by atoms with van der Waals surface area (Å²) in [5, 5.41) is 2.14. The van der Waals surface area contributed by atoms with E-state index in [-0.39, 0.29) is 39.7 Å². The van der Waals surface area contributed by atoms with Gasteiger partial charge in [-0.3, -0.25) is 4.79 Å². The van der Waals surface area contributed by atoms with Gasteiger partial charge in [0.05, 0.1) is 5.56 Å². The SMILES string of the molecule is O=c1c(-c2ccc(OC(F)F)cc2)cn2ccc(NCC(F)(F)F)nc2c1-c1ccc(OC(F)F)cc1. The van der Waals surface area contributed by atoms with Gasteiger partial charge in [0.25, 0.3) is 0 Å². The monoisotopic (exact) mass is 527 g/mol. The van der Waals surface area contributed by atoms with E-state index < -0.39 is 31.4 Å². The predicted molar refractivity (Wildman–Crippen MR) is 120 cm³/mol. The molecule has 0 aliphatic carbocycles. The molecule has 2 aromatic carbocycles. The molecule has 1 N–H and O–H groups in total. The molecular weight excluding hydrogens is 511 g/mol. The summed E-state index contributed by atoms with van der Waals surface area (Å²) < 4.78 is 98.1. The fraction of sp³-hybridized carbons (Fsp3) is 0.167. The van der Waals surface area contributed by atoms with Gasteiger partial charge in [-0.25, -0.2) is 4.98 Å². The third-order valence-electron chi connectivity index (χ3n) is 5.06. The number of hydrogen-bond donors (Lipinski definition) is 1. The molecule has 13 heteroatoms. The lowest BCUT2D eigenvalue weighted by Gasteiger charge is -2.14. The van der Waals surface area contributed by atoms with E-state index in [1.165, 1.54) is 71.4 Å². The van der Waals surface area contributed by atoms with E-state index in [2.05, 4.69) is 19.8 Å². The Morgan fingerprint density at radius 2 is 1.38 bits per heavy atom. The Labute approximate surface area is 203 Å². The van der Waals surface area contributed by atoms with Gasteiger partial charge in [-0.15, -0.1) is 0 Å². The number of fused-ring (bicyclic) bond motifs is 1. The lowest BCUT2D eigenvalue weighted by atomic mass is 10.00. The minimum absolute atomic E-state index is 0.0129. The molecule has 0 bridgehead atoms. The van der Waals surface area contributed by atoms with E-state index in [4.69, 9.17) is 0 Å². The Bertz CT molecular complexity index is 1440. The van der Waals surface area contributed by atoms with Crippen LogP contribution in [0.5, 0.6) is 11.5 Å². The quantitative estimate of drug-likeness (QED) is 0.276. The van der Waals surface area contributed by atoms with Gasteiger partial charge in [-0.05, 0) is 41.5 Å². The maximum absolute atomic E-state index is 13.6. The van der Waals surface area contributed by atoms with Crippen molar-refractivity contribution in [3.05, 3.63) is 77.2 Å². The highest BCUT2D eigenvalue weighted by Crippen LogP contribution is 2.29. The fourth-order valence-electron chi connectivity index (χ4n) is 3.53. The summed E-state index contributed by atoms with van der Waals surface area (Å²) in [6, 6.07) is 11.6. The van der Waals surface area contributed by atoms with E-state index in [1.54, 1.807) is 0 Å². The molecule has 0 saturated heterocycles. The number of hydrogen-bond acceptors (Lipinski definition) is 5. The number of anilines is 1. The average molecular weight is 527 g/mol.